The Morgan fingerprint density at radius 2 is 2.15 bits per heavy atom. The van der Waals surface area contributed by atoms with Gasteiger partial charge in [-0.2, -0.15) is 0 Å². The maximum Gasteiger partial charge on any atom is 0.339 e. The van der Waals surface area contributed by atoms with Gasteiger partial charge in [-0.05, 0) is 31.2 Å². The van der Waals surface area contributed by atoms with Crippen molar-refractivity contribution in [3.8, 4) is 18.0 Å². The average molecular weight is 271 g/mol. The summed E-state index contributed by atoms with van der Waals surface area (Å²) in [5.41, 5.74) is 2.41. The first-order chi connectivity index (χ1) is 9.67. The molecule has 1 N–H and O–H groups in total. The summed E-state index contributed by atoms with van der Waals surface area (Å²) in [4.78, 5) is 11.6. The van der Waals surface area contributed by atoms with Crippen LogP contribution in [-0.4, -0.2) is 32.7 Å². The number of esters is 1. The lowest BCUT2D eigenvalue weighted by Gasteiger charge is -2.05. The van der Waals surface area contributed by atoms with E-state index in [0.29, 0.717) is 11.3 Å². The van der Waals surface area contributed by atoms with E-state index in [2.05, 4.69) is 16.2 Å². The van der Waals surface area contributed by atoms with Crippen molar-refractivity contribution >= 4 is 5.97 Å². The minimum absolute atomic E-state index is 0.0529. The zero-order valence-corrected chi connectivity index (χ0v) is 10.9. The van der Waals surface area contributed by atoms with Crippen LogP contribution in [0.1, 0.15) is 21.7 Å². The van der Waals surface area contributed by atoms with Crippen LogP contribution >= 0.6 is 0 Å². The molecule has 1 aromatic carbocycles. The maximum absolute atomic E-state index is 11.6. The zero-order chi connectivity index (χ0) is 14.5. The van der Waals surface area contributed by atoms with Crippen molar-refractivity contribution in [3.63, 3.8) is 0 Å². The molecule has 0 aliphatic heterocycles. The lowest BCUT2D eigenvalue weighted by molar-refractivity contribution is 0.0557. The van der Waals surface area contributed by atoms with Crippen molar-refractivity contribution < 1.29 is 14.6 Å². The van der Waals surface area contributed by atoms with E-state index in [1.54, 1.807) is 35.9 Å². The van der Waals surface area contributed by atoms with E-state index in [4.69, 9.17) is 16.3 Å². The second-order valence-corrected chi connectivity index (χ2v) is 4.02. The second-order valence-electron chi connectivity index (χ2n) is 4.02. The van der Waals surface area contributed by atoms with Crippen LogP contribution in [0.25, 0.3) is 5.69 Å². The Balaban J connectivity index is 2.22. The molecule has 2 aromatic rings. The number of aliphatic hydroxyl groups is 1. The largest absolute Gasteiger partial charge is 0.449 e. The summed E-state index contributed by atoms with van der Waals surface area (Å²) < 4.78 is 6.41. The number of aromatic nitrogens is 3. The van der Waals surface area contributed by atoms with Crippen LogP contribution < -0.4 is 0 Å². The van der Waals surface area contributed by atoms with Gasteiger partial charge in [-0.15, -0.1) is 11.5 Å². The van der Waals surface area contributed by atoms with Crippen molar-refractivity contribution in [1.29, 1.82) is 0 Å². The number of hydrogen-bond donors (Lipinski definition) is 1. The number of terminal acetylenes is 1. The number of rotatable bonds is 4. The van der Waals surface area contributed by atoms with Crippen molar-refractivity contribution in [2.45, 2.75) is 13.5 Å². The number of carbonyl (C=O) groups is 1. The van der Waals surface area contributed by atoms with E-state index in [1.165, 1.54) is 0 Å². The molecule has 1 aromatic heterocycles. The smallest absolute Gasteiger partial charge is 0.339 e. The van der Waals surface area contributed by atoms with Gasteiger partial charge in [0.15, 0.2) is 6.61 Å². The summed E-state index contributed by atoms with van der Waals surface area (Å²) >= 11 is 0. The number of benzene rings is 1. The first kappa shape index (κ1) is 13.8. The fourth-order valence-corrected chi connectivity index (χ4v) is 1.68. The minimum Gasteiger partial charge on any atom is -0.449 e. The van der Waals surface area contributed by atoms with Crippen LogP contribution in [0.2, 0.25) is 0 Å². The molecule has 0 aliphatic carbocycles. The van der Waals surface area contributed by atoms with E-state index in [-0.39, 0.29) is 13.2 Å². The number of aliphatic hydroxyl groups excluding tert-OH is 1. The molecule has 0 spiro atoms. The zero-order valence-electron chi connectivity index (χ0n) is 10.9. The highest BCUT2D eigenvalue weighted by atomic mass is 16.5. The van der Waals surface area contributed by atoms with E-state index in [1.807, 2.05) is 0 Å². The fraction of sp³-hybridized carbons (Fsp3) is 0.214. The predicted octanol–water partition coefficient (Wildman–Crippen LogP) is 0.858. The lowest BCUT2D eigenvalue weighted by Crippen LogP contribution is -2.06. The molecule has 1 heterocycles. The highest BCUT2D eigenvalue weighted by Gasteiger charge is 2.10. The molecule has 0 saturated heterocycles. The Bertz CT molecular complexity index is 653. The number of hydrogen-bond acceptors (Lipinski definition) is 5. The summed E-state index contributed by atoms with van der Waals surface area (Å²) in [6.45, 7) is 1.59. The molecule has 0 aliphatic rings. The predicted molar refractivity (Wildman–Crippen MR) is 71.1 cm³/mol. The van der Waals surface area contributed by atoms with Crippen molar-refractivity contribution in [1.82, 2.24) is 15.0 Å². The first-order valence-electron chi connectivity index (χ1n) is 5.90. The highest BCUT2D eigenvalue weighted by Crippen LogP contribution is 2.13. The van der Waals surface area contributed by atoms with Crippen molar-refractivity contribution in [2.24, 2.45) is 0 Å². The third kappa shape index (κ3) is 2.68. The molecule has 0 unspecified atom stereocenters. The van der Waals surface area contributed by atoms with E-state index < -0.39 is 5.97 Å². The summed E-state index contributed by atoms with van der Waals surface area (Å²) in [7, 11) is 0. The molecule has 6 heteroatoms. The minimum atomic E-state index is -0.471. The van der Waals surface area contributed by atoms with Gasteiger partial charge in [0, 0.05) is 0 Å². The van der Waals surface area contributed by atoms with Crippen LogP contribution in [0.5, 0.6) is 0 Å². The molecule has 0 radical (unpaired) electrons. The molecular formula is C14H13N3O3. The Hall–Kier alpha value is -2.65. The van der Waals surface area contributed by atoms with Crippen LogP contribution in [0.3, 0.4) is 0 Å². The monoisotopic (exact) mass is 271 g/mol. The van der Waals surface area contributed by atoms with E-state index in [0.717, 1.165) is 11.4 Å². The van der Waals surface area contributed by atoms with Gasteiger partial charge in [0.05, 0.1) is 23.6 Å². The fourth-order valence-electron chi connectivity index (χ4n) is 1.68. The van der Waals surface area contributed by atoms with Gasteiger partial charge in [-0.1, -0.05) is 11.1 Å². The lowest BCUT2D eigenvalue weighted by atomic mass is 10.2. The molecular weight excluding hydrogens is 258 g/mol. The SMILES string of the molecule is C#CCOC(=O)c1ccc(-n2nnc(CO)c2C)cc1. The first-order valence-corrected chi connectivity index (χ1v) is 5.90. The molecule has 0 amide bonds. The molecule has 0 saturated carbocycles. The van der Waals surface area contributed by atoms with Gasteiger partial charge in [0.2, 0.25) is 0 Å². The molecule has 2 rings (SSSR count). The third-order valence-corrected chi connectivity index (χ3v) is 2.77. The maximum atomic E-state index is 11.6. The van der Waals surface area contributed by atoms with Gasteiger partial charge in [-0.25, -0.2) is 9.48 Å². The number of ether oxygens (including phenoxy) is 1. The van der Waals surface area contributed by atoms with Crippen LogP contribution in [0.4, 0.5) is 0 Å². The Kier molecular flexibility index (Phi) is 4.13. The molecule has 0 fully saturated rings. The Morgan fingerprint density at radius 1 is 1.45 bits per heavy atom. The molecule has 0 atom stereocenters. The summed E-state index contributed by atoms with van der Waals surface area (Å²) in [5, 5.41) is 16.9. The Morgan fingerprint density at radius 3 is 2.70 bits per heavy atom. The molecule has 0 bridgehead atoms. The topological polar surface area (TPSA) is 77.2 Å². The normalized spacial score (nSPS) is 10.1. The summed E-state index contributed by atoms with van der Waals surface area (Å²) in [6.07, 6.45) is 5.02. The van der Waals surface area contributed by atoms with Gasteiger partial charge in [0.25, 0.3) is 0 Å². The third-order valence-electron chi connectivity index (χ3n) is 2.77. The average Bonchev–Trinajstić information content (AvgIpc) is 2.86. The standard InChI is InChI=1S/C14H13N3O3/c1-3-8-20-14(19)11-4-6-12(7-5-11)17-10(2)13(9-18)15-16-17/h1,4-7,18H,8-9H2,2H3. The van der Waals surface area contributed by atoms with Gasteiger partial charge in [-0.3, -0.25) is 0 Å². The number of nitrogens with zero attached hydrogens (tertiary/aromatic N) is 3. The van der Waals surface area contributed by atoms with Crippen molar-refractivity contribution in [3.05, 3.63) is 41.2 Å². The van der Waals surface area contributed by atoms with E-state index >= 15 is 0 Å². The van der Waals surface area contributed by atoms with Crippen LogP contribution in [-0.2, 0) is 11.3 Å². The van der Waals surface area contributed by atoms with E-state index in [9.17, 15) is 4.79 Å². The van der Waals surface area contributed by atoms with Gasteiger partial charge < -0.3 is 9.84 Å². The van der Waals surface area contributed by atoms with Crippen LogP contribution in [0.15, 0.2) is 24.3 Å². The van der Waals surface area contributed by atoms with Gasteiger partial charge >= 0.3 is 5.97 Å². The van der Waals surface area contributed by atoms with Gasteiger partial charge in [0.1, 0.15) is 5.69 Å². The summed E-state index contributed by atoms with van der Waals surface area (Å²) in [6, 6.07) is 6.67. The highest BCUT2D eigenvalue weighted by molar-refractivity contribution is 5.89. The molecule has 6 nitrogen and oxygen atoms in total. The van der Waals surface area contributed by atoms with Crippen molar-refractivity contribution in [2.75, 3.05) is 6.61 Å². The molecule has 102 valence electrons. The second kappa shape index (κ2) is 5.99. The molecule has 20 heavy (non-hydrogen) atoms. The number of carbonyl (C=O) groups excluding carboxylic acids is 1. The Labute approximate surface area is 116 Å². The quantitative estimate of drug-likeness (QED) is 0.659. The summed E-state index contributed by atoms with van der Waals surface area (Å²) in [5.74, 6) is 1.76. The van der Waals surface area contributed by atoms with Crippen LogP contribution in [0, 0.1) is 19.3 Å².